The third-order valence-corrected chi connectivity index (χ3v) is 3.61. The number of carboxylic acids is 1. The van der Waals surface area contributed by atoms with E-state index in [-0.39, 0.29) is 6.42 Å². The highest BCUT2D eigenvalue weighted by atomic mass is 16.5. The molecule has 0 fully saturated rings. The van der Waals surface area contributed by atoms with E-state index in [2.05, 4.69) is 5.32 Å². The molecule has 2 aromatic rings. The summed E-state index contributed by atoms with van der Waals surface area (Å²) in [6.07, 6.45) is 0.204. The van der Waals surface area contributed by atoms with Crippen molar-refractivity contribution in [2.45, 2.75) is 19.4 Å². The molecular weight excluding hydrogens is 322 g/mol. The van der Waals surface area contributed by atoms with Crippen molar-refractivity contribution in [1.82, 2.24) is 5.32 Å². The fourth-order valence-corrected chi connectivity index (χ4v) is 2.38. The highest BCUT2D eigenvalue weighted by Gasteiger charge is 2.21. The number of aliphatic carboxylic acids is 1. The van der Waals surface area contributed by atoms with E-state index in [1.165, 1.54) is 13.2 Å². The highest BCUT2D eigenvalue weighted by molar-refractivity contribution is 5.97. The number of hydrogen-bond donors (Lipinski definition) is 2. The number of amides is 1. The molecule has 0 aliphatic heterocycles. The van der Waals surface area contributed by atoms with Crippen LogP contribution in [0.1, 0.15) is 22.8 Å². The predicted octanol–water partition coefficient (Wildman–Crippen LogP) is 2.52. The molecule has 0 aliphatic carbocycles. The summed E-state index contributed by atoms with van der Waals surface area (Å²) in [6, 6.07) is 12.9. The van der Waals surface area contributed by atoms with Crippen molar-refractivity contribution in [3.8, 4) is 11.5 Å². The lowest BCUT2D eigenvalue weighted by atomic mass is 10.1. The Balaban J connectivity index is 2.14. The van der Waals surface area contributed by atoms with E-state index >= 15 is 0 Å². The molecule has 2 rings (SSSR count). The van der Waals surface area contributed by atoms with Gasteiger partial charge in [-0.15, -0.1) is 0 Å². The topological polar surface area (TPSA) is 84.9 Å². The van der Waals surface area contributed by atoms with Crippen molar-refractivity contribution in [2.75, 3.05) is 13.7 Å². The smallest absolute Gasteiger partial charge is 0.326 e. The summed E-state index contributed by atoms with van der Waals surface area (Å²) in [5, 5.41) is 11.9. The van der Waals surface area contributed by atoms with Crippen molar-refractivity contribution < 1.29 is 24.2 Å². The Hall–Kier alpha value is -3.02. The lowest BCUT2D eigenvalue weighted by Gasteiger charge is -2.16. The fraction of sp³-hybridized carbons (Fsp3) is 0.263. The number of hydrogen-bond acceptors (Lipinski definition) is 4. The summed E-state index contributed by atoms with van der Waals surface area (Å²) < 4.78 is 10.6. The molecule has 2 aromatic carbocycles. The van der Waals surface area contributed by atoms with Crippen LogP contribution in [0.4, 0.5) is 0 Å². The van der Waals surface area contributed by atoms with E-state index in [0.29, 0.717) is 23.7 Å². The largest absolute Gasteiger partial charge is 0.493 e. The fourth-order valence-electron chi connectivity index (χ4n) is 2.38. The van der Waals surface area contributed by atoms with Crippen LogP contribution in [0, 0.1) is 0 Å². The van der Waals surface area contributed by atoms with Crippen LogP contribution in [0.15, 0.2) is 48.5 Å². The molecule has 1 amide bonds. The number of rotatable bonds is 8. The predicted molar refractivity (Wildman–Crippen MR) is 93.2 cm³/mol. The number of ether oxygens (including phenoxy) is 2. The molecule has 0 heterocycles. The van der Waals surface area contributed by atoms with Gasteiger partial charge in [0.2, 0.25) is 0 Å². The molecule has 0 aliphatic rings. The summed E-state index contributed by atoms with van der Waals surface area (Å²) in [5.41, 5.74) is 1.14. The lowest BCUT2D eigenvalue weighted by Crippen LogP contribution is -2.42. The van der Waals surface area contributed by atoms with Gasteiger partial charge in [-0.25, -0.2) is 4.79 Å². The molecule has 6 nitrogen and oxygen atoms in total. The normalized spacial score (nSPS) is 11.4. The van der Waals surface area contributed by atoms with Gasteiger partial charge in [0.25, 0.3) is 5.91 Å². The van der Waals surface area contributed by atoms with Crippen LogP contribution < -0.4 is 14.8 Å². The Bertz CT molecular complexity index is 730. The van der Waals surface area contributed by atoms with Gasteiger partial charge in [0.05, 0.1) is 13.7 Å². The number of methoxy groups -OCH3 is 1. The van der Waals surface area contributed by atoms with Crippen LogP contribution in [0.3, 0.4) is 0 Å². The van der Waals surface area contributed by atoms with Crippen molar-refractivity contribution in [3.05, 3.63) is 59.7 Å². The quantitative estimate of drug-likeness (QED) is 0.769. The molecule has 2 N–H and O–H groups in total. The van der Waals surface area contributed by atoms with Crippen LogP contribution in [0.5, 0.6) is 11.5 Å². The van der Waals surface area contributed by atoms with Gasteiger partial charge in [0, 0.05) is 12.0 Å². The average Bonchev–Trinajstić information content (AvgIpc) is 2.62. The first-order valence-corrected chi connectivity index (χ1v) is 7.93. The minimum atomic E-state index is -1.09. The second-order valence-electron chi connectivity index (χ2n) is 5.35. The molecule has 0 saturated heterocycles. The third kappa shape index (κ3) is 4.97. The van der Waals surface area contributed by atoms with Crippen LogP contribution in [-0.2, 0) is 11.2 Å². The summed E-state index contributed by atoms with van der Waals surface area (Å²) in [5.74, 6) is -0.621. The highest BCUT2D eigenvalue weighted by Crippen LogP contribution is 2.28. The van der Waals surface area contributed by atoms with Gasteiger partial charge in [-0.3, -0.25) is 4.79 Å². The maximum Gasteiger partial charge on any atom is 0.326 e. The molecular formula is C19H21NO5. The maximum absolute atomic E-state index is 12.4. The monoisotopic (exact) mass is 343 g/mol. The zero-order valence-corrected chi connectivity index (χ0v) is 14.2. The number of carbonyl (C=O) groups is 2. The number of nitrogens with one attached hydrogen (secondary N) is 1. The lowest BCUT2D eigenvalue weighted by molar-refractivity contribution is -0.139. The van der Waals surface area contributed by atoms with E-state index in [1.807, 2.05) is 37.3 Å². The van der Waals surface area contributed by atoms with Gasteiger partial charge in [-0.05, 0) is 30.7 Å². The number of carboxylic acid groups (broad SMARTS) is 1. The number of carbonyl (C=O) groups excluding carboxylic acids is 1. The number of benzene rings is 2. The summed E-state index contributed by atoms with van der Waals surface area (Å²) in [7, 11) is 1.48. The minimum Gasteiger partial charge on any atom is -0.493 e. The minimum absolute atomic E-state index is 0.204. The SMILES string of the molecule is CCOc1ccc(C(=O)N[C@@H](Cc2ccccc2)C(=O)O)cc1OC. The van der Waals surface area contributed by atoms with Crippen LogP contribution in [0.25, 0.3) is 0 Å². The van der Waals surface area contributed by atoms with Crippen molar-refractivity contribution in [3.63, 3.8) is 0 Å². The molecule has 0 saturated carbocycles. The second-order valence-corrected chi connectivity index (χ2v) is 5.35. The first-order valence-electron chi connectivity index (χ1n) is 7.93. The Labute approximate surface area is 146 Å². The molecule has 0 unspecified atom stereocenters. The van der Waals surface area contributed by atoms with Gasteiger partial charge >= 0.3 is 5.97 Å². The van der Waals surface area contributed by atoms with Gasteiger partial charge in [-0.2, -0.15) is 0 Å². The zero-order valence-electron chi connectivity index (χ0n) is 14.2. The maximum atomic E-state index is 12.4. The third-order valence-electron chi connectivity index (χ3n) is 3.61. The van der Waals surface area contributed by atoms with Crippen LogP contribution in [0.2, 0.25) is 0 Å². The zero-order chi connectivity index (χ0) is 18.2. The van der Waals surface area contributed by atoms with Crippen LogP contribution in [-0.4, -0.2) is 36.7 Å². The van der Waals surface area contributed by atoms with E-state index in [4.69, 9.17) is 9.47 Å². The van der Waals surface area contributed by atoms with Crippen molar-refractivity contribution in [1.29, 1.82) is 0 Å². The second kappa shape index (κ2) is 8.73. The summed E-state index contributed by atoms with van der Waals surface area (Å²) in [6.45, 7) is 2.32. The first-order chi connectivity index (χ1) is 12.0. The van der Waals surface area contributed by atoms with E-state index in [9.17, 15) is 14.7 Å². The van der Waals surface area contributed by atoms with Crippen molar-refractivity contribution >= 4 is 11.9 Å². The summed E-state index contributed by atoms with van der Waals surface area (Å²) in [4.78, 5) is 23.9. The Morgan fingerprint density at radius 2 is 1.84 bits per heavy atom. The Kier molecular flexibility index (Phi) is 6.39. The molecule has 25 heavy (non-hydrogen) atoms. The Morgan fingerprint density at radius 1 is 1.12 bits per heavy atom. The van der Waals surface area contributed by atoms with E-state index in [1.54, 1.807) is 12.1 Å². The molecule has 0 aromatic heterocycles. The van der Waals surface area contributed by atoms with Gasteiger partial charge in [0.1, 0.15) is 6.04 Å². The molecule has 0 radical (unpaired) electrons. The van der Waals surface area contributed by atoms with Gasteiger partial charge < -0.3 is 19.9 Å². The van der Waals surface area contributed by atoms with Gasteiger partial charge in [0.15, 0.2) is 11.5 Å². The van der Waals surface area contributed by atoms with Crippen LogP contribution >= 0.6 is 0 Å². The van der Waals surface area contributed by atoms with E-state index in [0.717, 1.165) is 5.56 Å². The molecule has 6 heteroatoms. The average molecular weight is 343 g/mol. The Morgan fingerprint density at radius 3 is 2.44 bits per heavy atom. The first kappa shape index (κ1) is 18.3. The van der Waals surface area contributed by atoms with Gasteiger partial charge in [-0.1, -0.05) is 30.3 Å². The molecule has 0 bridgehead atoms. The molecule has 0 spiro atoms. The molecule has 1 atom stereocenters. The van der Waals surface area contributed by atoms with Crippen molar-refractivity contribution in [2.24, 2.45) is 0 Å². The van der Waals surface area contributed by atoms with E-state index < -0.39 is 17.9 Å². The summed E-state index contributed by atoms with van der Waals surface area (Å²) >= 11 is 0. The standard InChI is InChI=1S/C19H21NO5/c1-3-25-16-10-9-14(12-17(16)24-2)18(21)20-15(19(22)23)11-13-7-5-4-6-8-13/h4-10,12,15H,3,11H2,1-2H3,(H,20,21)(H,22,23)/t15-/m0/s1. The molecule has 132 valence electrons.